The van der Waals surface area contributed by atoms with E-state index < -0.39 is 0 Å². The second-order valence-corrected chi connectivity index (χ2v) is 5.87. The van der Waals surface area contributed by atoms with Crippen LogP contribution in [0.4, 0.5) is 0 Å². The van der Waals surface area contributed by atoms with Crippen molar-refractivity contribution >= 4 is 5.91 Å². The molecular formula is C16H18N4O4. The fourth-order valence-electron chi connectivity index (χ4n) is 2.92. The molecule has 0 bridgehead atoms. The van der Waals surface area contributed by atoms with Gasteiger partial charge in [0.15, 0.2) is 17.3 Å². The van der Waals surface area contributed by atoms with Crippen molar-refractivity contribution in [2.24, 2.45) is 0 Å². The average molecular weight is 330 g/mol. The van der Waals surface area contributed by atoms with E-state index in [0.29, 0.717) is 48.4 Å². The monoisotopic (exact) mass is 330 g/mol. The summed E-state index contributed by atoms with van der Waals surface area (Å²) >= 11 is 0. The molecule has 3 heterocycles. The van der Waals surface area contributed by atoms with Crippen LogP contribution in [0, 0.1) is 6.92 Å². The standard InChI is InChI=1S/C16H18N4O4/c1-11-17-15(24-18-11)9-19-4-6-20(7-5-19)16(21)12-2-3-13-14(8-12)23-10-22-13/h2-3,8H,4-7,9-10H2,1H3. The molecule has 2 aromatic rings. The van der Waals surface area contributed by atoms with Gasteiger partial charge in [0, 0.05) is 31.7 Å². The normalized spacial score (nSPS) is 17.3. The van der Waals surface area contributed by atoms with Crippen LogP contribution in [0.25, 0.3) is 0 Å². The number of aryl methyl sites for hydroxylation is 1. The molecule has 8 heteroatoms. The third kappa shape index (κ3) is 2.92. The largest absolute Gasteiger partial charge is 0.454 e. The summed E-state index contributed by atoms with van der Waals surface area (Å²) < 4.78 is 15.8. The van der Waals surface area contributed by atoms with E-state index in [2.05, 4.69) is 15.0 Å². The molecule has 8 nitrogen and oxygen atoms in total. The maximum Gasteiger partial charge on any atom is 0.254 e. The van der Waals surface area contributed by atoms with Crippen molar-refractivity contribution in [3.05, 3.63) is 35.5 Å². The Balaban J connectivity index is 1.36. The third-order valence-corrected chi connectivity index (χ3v) is 4.21. The van der Waals surface area contributed by atoms with Gasteiger partial charge >= 0.3 is 0 Å². The molecule has 0 unspecified atom stereocenters. The summed E-state index contributed by atoms with van der Waals surface area (Å²) in [5.74, 6) is 2.59. The van der Waals surface area contributed by atoms with E-state index in [1.807, 2.05) is 4.90 Å². The van der Waals surface area contributed by atoms with Gasteiger partial charge in [-0.25, -0.2) is 0 Å². The molecule has 0 spiro atoms. The molecule has 0 radical (unpaired) electrons. The minimum absolute atomic E-state index is 0.0154. The van der Waals surface area contributed by atoms with Crippen LogP contribution in [0.3, 0.4) is 0 Å². The number of benzene rings is 1. The van der Waals surface area contributed by atoms with Crippen molar-refractivity contribution in [2.75, 3.05) is 33.0 Å². The lowest BCUT2D eigenvalue weighted by Crippen LogP contribution is -2.48. The first-order chi connectivity index (χ1) is 11.7. The summed E-state index contributed by atoms with van der Waals surface area (Å²) in [5.41, 5.74) is 0.625. The van der Waals surface area contributed by atoms with Crippen LogP contribution in [0.2, 0.25) is 0 Å². The third-order valence-electron chi connectivity index (χ3n) is 4.21. The van der Waals surface area contributed by atoms with Crippen LogP contribution in [-0.2, 0) is 6.54 Å². The Morgan fingerprint density at radius 1 is 1.17 bits per heavy atom. The Labute approximate surface area is 138 Å². The van der Waals surface area contributed by atoms with Gasteiger partial charge in [0.25, 0.3) is 5.91 Å². The number of piperazine rings is 1. The van der Waals surface area contributed by atoms with E-state index in [0.717, 1.165) is 13.1 Å². The first kappa shape index (κ1) is 14.9. The molecule has 1 amide bonds. The van der Waals surface area contributed by atoms with Crippen LogP contribution in [0.1, 0.15) is 22.1 Å². The number of amides is 1. The van der Waals surface area contributed by atoms with Crippen molar-refractivity contribution in [3.63, 3.8) is 0 Å². The summed E-state index contributed by atoms with van der Waals surface area (Å²) in [6.45, 7) is 5.51. The molecule has 0 aliphatic carbocycles. The number of rotatable bonds is 3. The number of nitrogens with zero attached hydrogens (tertiary/aromatic N) is 4. The van der Waals surface area contributed by atoms with Crippen LogP contribution < -0.4 is 9.47 Å². The fraction of sp³-hybridized carbons (Fsp3) is 0.438. The summed E-state index contributed by atoms with van der Waals surface area (Å²) in [6.07, 6.45) is 0. The maximum absolute atomic E-state index is 12.6. The average Bonchev–Trinajstić information content (AvgIpc) is 3.23. The van der Waals surface area contributed by atoms with Gasteiger partial charge in [-0.05, 0) is 25.1 Å². The molecular weight excluding hydrogens is 312 g/mol. The predicted octanol–water partition coefficient (Wildman–Crippen LogP) is 1.06. The Kier molecular flexibility index (Phi) is 3.81. The van der Waals surface area contributed by atoms with E-state index in [-0.39, 0.29) is 12.7 Å². The van der Waals surface area contributed by atoms with E-state index >= 15 is 0 Å². The molecule has 24 heavy (non-hydrogen) atoms. The highest BCUT2D eigenvalue weighted by Gasteiger charge is 2.24. The highest BCUT2D eigenvalue weighted by atomic mass is 16.7. The number of hydrogen-bond acceptors (Lipinski definition) is 7. The van der Waals surface area contributed by atoms with Crippen LogP contribution in [-0.4, -0.2) is 58.8 Å². The maximum atomic E-state index is 12.6. The summed E-state index contributed by atoms with van der Waals surface area (Å²) in [7, 11) is 0. The van der Waals surface area contributed by atoms with E-state index in [1.54, 1.807) is 25.1 Å². The van der Waals surface area contributed by atoms with Gasteiger partial charge in [-0.2, -0.15) is 4.98 Å². The second kappa shape index (κ2) is 6.12. The number of aromatic nitrogens is 2. The topological polar surface area (TPSA) is 80.9 Å². The lowest BCUT2D eigenvalue weighted by atomic mass is 10.1. The molecule has 0 N–H and O–H groups in total. The minimum Gasteiger partial charge on any atom is -0.454 e. The van der Waals surface area contributed by atoms with Gasteiger partial charge in [-0.1, -0.05) is 5.16 Å². The van der Waals surface area contributed by atoms with Gasteiger partial charge in [0.2, 0.25) is 12.7 Å². The second-order valence-electron chi connectivity index (χ2n) is 5.87. The molecule has 0 atom stereocenters. The van der Waals surface area contributed by atoms with E-state index in [1.165, 1.54) is 0 Å². The Morgan fingerprint density at radius 3 is 2.71 bits per heavy atom. The van der Waals surface area contributed by atoms with Gasteiger partial charge in [0.1, 0.15) is 0 Å². The lowest BCUT2D eigenvalue weighted by molar-refractivity contribution is 0.0614. The zero-order valence-electron chi connectivity index (χ0n) is 13.4. The van der Waals surface area contributed by atoms with Crippen LogP contribution in [0.15, 0.2) is 22.7 Å². The fourth-order valence-corrected chi connectivity index (χ4v) is 2.92. The van der Waals surface area contributed by atoms with Crippen molar-refractivity contribution in [1.29, 1.82) is 0 Å². The van der Waals surface area contributed by atoms with Gasteiger partial charge in [-0.15, -0.1) is 0 Å². The zero-order valence-corrected chi connectivity index (χ0v) is 13.4. The highest BCUT2D eigenvalue weighted by Crippen LogP contribution is 2.32. The van der Waals surface area contributed by atoms with Crippen molar-refractivity contribution in [1.82, 2.24) is 19.9 Å². The SMILES string of the molecule is Cc1noc(CN2CCN(C(=O)c3ccc4c(c3)OCO4)CC2)n1. The number of carbonyl (C=O) groups excluding carboxylic acids is 1. The Hall–Kier alpha value is -2.61. The molecule has 1 aromatic carbocycles. The highest BCUT2D eigenvalue weighted by molar-refractivity contribution is 5.95. The van der Waals surface area contributed by atoms with Crippen molar-refractivity contribution < 1.29 is 18.8 Å². The first-order valence-electron chi connectivity index (χ1n) is 7.89. The molecule has 2 aliphatic rings. The summed E-state index contributed by atoms with van der Waals surface area (Å²) in [5, 5.41) is 3.79. The first-order valence-corrected chi connectivity index (χ1v) is 7.89. The predicted molar refractivity (Wildman–Crippen MR) is 82.8 cm³/mol. The molecule has 1 aromatic heterocycles. The van der Waals surface area contributed by atoms with Gasteiger partial charge in [0.05, 0.1) is 6.54 Å². The van der Waals surface area contributed by atoms with Crippen LogP contribution >= 0.6 is 0 Å². The quantitative estimate of drug-likeness (QED) is 0.832. The van der Waals surface area contributed by atoms with Gasteiger partial charge in [-0.3, -0.25) is 9.69 Å². The van der Waals surface area contributed by atoms with Crippen molar-refractivity contribution in [2.45, 2.75) is 13.5 Å². The molecule has 1 saturated heterocycles. The lowest BCUT2D eigenvalue weighted by Gasteiger charge is -2.34. The Bertz CT molecular complexity index is 752. The smallest absolute Gasteiger partial charge is 0.254 e. The number of fused-ring (bicyclic) bond motifs is 1. The number of ether oxygens (including phenoxy) is 2. The minimum atomic E-state index is 0.0154. The van der Waals surface area contributed by atoms with E-state index in [9.17, 15) is 4.79 Å². The molecule has 4 rings (SSSR count). The molecule has 1 fully saturated rings. The Morgan fingerprint density at radius 2 is 1.96 bits per heavy atom. The van der Waals surface area contributed by atoms with E-state index in [4.69, 9.17) is 14.0 Å². The summed E-state index contributed by atoms with van der Waals surface area (Å²) in [6, 6.07) is 5.31. The molecule has 0 saturated carbocycles. The molecule has 2 aliphatic heterocycles. The number of hydrogen-bond donors (Lipinski definition) is 0. The molecule has 126 valence electrons. The number of carbonyl (C=O) groups is 1. The van der Waals surface area contributed by atoms with Crippen LogP contribution in [0.5, 0.6) is 11.5 Å². The van der Waals surface area contributed by atoms with Crippen molar-refractivity contribution in [3.8, 4) is 11.5 Å². The van der Waals surface area contributed by atoms with Gasteiger partial charge < -0.3 is 18.9 Å². The summed E-state index contributed by atoms with van der Waals surface area (Å²) in [4.78, 5) is 20.9. The zero-order chi connectivity index (χ0) is 16.5.